The predicted molar refractivity (Wildman–Crippen MR) is 83.7 cm³/mol. The maximum Gasteiger partial charge on any atom is 0.0408 e. The summed E-state index contributed by atoms with van der Waals surface area (Å²) in [7, 11) is 0. The minimum absolute atomic E-state index is 0.510. The third-order valence-electron chi connectivity index (χ3n) is 4.64. The van der Waals surface area contributed by atoms with E-state index in [0.717, 1.165) is 23.3 Å². The zero-order valence-corrected chi connectivity index (χ0v) is 13.1. The molecule has 1 aromatic rings. The SMILES string of the molecule is CC(Cc1cccc(Cl)c1)NC1CCCC(C)C1C. The summed E-state index contributed by atoms with van der Waals surface area (Å²) < 4.78 is 0. The Morgan fingerprint density at radius 2 is 2.11 bits per heavy atom. The summed E-state index contributed by atoms with van der Waals surface area (Å²) in [6, 6.07) is 9.40. The van der Waals surface area contributed by atoms with E-state index in [1.165, 1.54) is 24.8 Å². The molecule has 1 saturated carbocycles. The minimum Gasteiger partial charge on any atom is -0.311 e. The maximum atomic E-state index is 6.04. The number of rotatable bonds is 4. The van der Waals surface area contributed by atoms with E-state index in [9.17, 15) is 0 Å². The summed E-state index contributed by atoms with van der Waals surface area (Å²) in [5, 5.41) is 4.66. The molecule has 0 heterocycles. The molecule has 4 unspecified atom stereocenters. The smallest absolute Gasteiger partial charge is 0.0408 e. The van der Waals surface area contributed by atoms with Crippen molar-refractivity contribution in [2.24, 2.45) is 11.8 Å². The predicted octanol–water partition coefficient (Wildman–Crippen LogP) is 4.69. The van der Waals surface area contributed by atoms with Gasteiger partial charge in [-0.15, -0.1) is 0 Å². The second-order valence-corrected chi connectivity index (χ2v) is 6.71. The third kappa shape index (κ3) is 4.22. The van der Waals surface area contributed by atoms with Crippen LogP contribution in [-0.2, 0) is 6.42 Å². The van der Waals surface area contributed by atoms with Crippen LogP contribution in [0, 0.1) is 11.8 Å². The van der Waals surface area contributed by atoms with Gasteiger partial charge in [0, 0.05) is 17.1 Å². The fourth-order valence-electron chi connectivity index (χ4n) is 3.26. The molecule has 2 rings (SSSR count). The first-order valence-corrected chi connectivity index (χ1v) is 7.94. The van der Waals surface area contributed by atoms with Gasteiger partial charge in [-0.25, -0.2) is 0 Å². The number of hydrogen-bond acceptors (Lipinski definition) is 1. The van der Waals surface area contributed by atoms with Gasteiger partial charge in [0.2, 0.25) is 0 Å². The average molecular weight is 280 g/mol. The molecule has 1 fully saturated rings. The fourth-order valence-corrected chi connectivity index (χ4v) is 3.47. The lowest BCUT2D eigenvalue weighted by Crippen LogP contribution is -2.45. The van der Waals surface area contributed by atoms with Crippen molar-refractivity contribution >= 4 is 11.6 Å². The van der Waals surface area contributed by atoms with Crippen molar-refractivity contribution in [2.75, 3.05) is 0 Å². The first-order chi connectivity index (χ1) is 9.06. The van der Waals surface area contributed by atoms with Crippen molar-refractivity contribution in [3.05, 3.63) is 34.9 Å². The lowest BCUT2D eigenvalue weighted by molar-refractivity contribution is 0.196. The summed E-state index contributed by atoms with van der Waals surface area (Å²) in [6.07, 6.45) is 5.14. The van der Waals surface area contributed by atoms with Crippen LogP contribution in [0.5, 0.6) is 0 Å². The molecule has 0 amide bonds. The highest BCUT2D eigenvalue weighted by molar-refractivity contribution is 6.30. The van der Waals surface area contributed by atoms with Gasteiger partial charge in [-0.3, -0.25) is 0 Å². The molecule has 0 aliphatic heterocycles. The van der Waals surface area contributed by atoms with Crippen LogP contribution < -0.4 is 5.32 Å². The van der Waals surface area contributed by atoms with Gasteiger partial charge in [0.05, 0.1) is 0 Å². The molecule has 0 radical (unpaired) electrons. The highest BCUT2D eigenvalue weighted by atomic mass is 35.5. The molecular weight excluding hydrogens is 254 g/mol. The molecule has 106 valence electrons. The zero-order chi connectivity index (χ0) is 13.8. The molecule has 0 bridgehead atoms. The van der Waals surface area contributed by atoms with Crippen LogP contribution in [0.4, 0.5) is 0 Å². The third-order valence-corrected chi connectivity index (χ3v) is 4.87. The summed E-state index contributed by atoms with van der Waals surface area (Å²) in [5.41, 5.74) is 1.32. The van der Waals surface area contributed by atoms with Crippen LogP contribution in [0.1, 0.15) is 45.6 Å². The summed E-state index contributed by atoms with van der Waals surface area (Å²) in [5.74, 6) is 1.64. The van der Waals surface area contributed by atoms with E-state index >= 15 is 0 Å². The average Bonchev–Trinajstić information content (AvgIpc) is 2.35. The van der Waals surface area contributed by atoms with Crippen LogP contribution in [0.15, 0.2) is 24.3 Å². The minimum atomic E-state index is 0.510. The Balaban J connectivity index is 1.88. The maximum absolute atomic E-state index is 6.04. The first-order valence-electron chi connectivity index (χ1n) is 7.56. The highest BCUT2D eigenvalue weighted by Gasteiger charge is 2.27. The zero-order valence-electron chi connectivity index (χ0n) is 12.3. The standard InChI is InChI=1S/C17H26ClN/c1-12-6-4-9-17(14(12)3)19-13(2)10-15-7-5-8-16(18)11-15/h5,7-8,11-14,17,19H,4,6,9-10H2,1-3H3. The van der Waals surface area contributed by atoms with Gasteiger partial charge >= 0.3 is 0 Å². The number of halogens is 1. The molecular formula is C17H26ClN. The Kier molecular flexibility index (Phi) is 5.29. The normalized spacial score (nSPS) is 29.2. The van der Waals surface area contributed by atoms with E-state index in [4.69, 9.17) is 11.6 Å². The lowest BCUT2D eigenvalue weighted by atomic mass is 9.77. The van der Waals surface area contributed by atoms with Crippen molar-refractivity contribution < 1.29 is 0 Å². The molecule has 19 heavy (non-hydrogen) atoms. The number of nitrogens with one attached hydrogen (secondary N) is 1. The van der Waals surface area contributed by atoms with Gasteiger partial charge in [0.1, 0.15) is 0 Å². The summed E-state index contributed by atoms with van der Waals surface area (Å²) >= 11 is 6.04. The van der Waals surface area contributed by atoms with E-state index in [1.807, 2.05) is 12.1 Å². The van der Waals surface area contributed by atoms with Crippen molar-refractivity contribution in [3.8, 4) is 0 Å². The molecule has 0 saturated heterocycles. The lowest BCUT2D eigenvalue weighted by Gasteiger charge is -2.36. The summed E-state index contributed by atoms with van der Waals surface area (Å²) in [6.45, 7) is 7.07. The van der Waals surface area contributed by atoms with Gasteiger partial charge in [-0.1, -0.05) is 50.4 Å². The van der Waals surface area contributed by atoms with Crippen LogP contribution in [-0.4, -0.2) is 12.1 Å². The van der Waals surface area contributed by atoms with Crippen molar-refractivity contribution in [1.82, 2.24) is 5.32 Å². The van der Waals surface area contributed by atoms with E-state index in [-0.39, 0.29) is 0 Å². The number of hydrogen-bond donors (Lipinski definition) is 1. The van der Waals surface area contributed by atoms with E-state index in [1.54, 1.807) is 0 Å². The Hall–Kier alpha value is -0.530. The van der Waals surface area contributed by atoms with Crippen molar-refractivity contribution in [2.45, 2.75) is 58.5 Å². The topological polar surface area (TPSA) is 12.0 Å². The largest absolute Gasteiger partial charge is 0.311 e. The quantitative estimate of drug-likeness (QED) is 0.843. The Labute approximate surface area is 122 Å². The Morgan fingerprint density at radius 1 is 1.32 bits per heavy atom. The molecule has 4 atom stereocenters. The van der Waals surface area contributed by atoms with Crippen molar-refractivity contribution in [3.63, 3.8) is 0 Å². The molecule has 1 aliphatic carbocycles. The van der Waals surface area contributed by atoms with E-state index < -0.39 is 0 Å². The molecule has 2 heteroatoms. The number of benzene rings is 1. The van der Waals surface area contributed by atoms with Gasteiger partial charge in [-0.2, -0.15) is 0 Å². The van der Waals surface area contributed by atoms with E-state index in [2.05, 4.69) is 38.2 Å². The highest BCUT2D eigenvalue weighted by Crippen LogP contribution is 2.29. The molecule has 1 nitrogen and oxygen atoms in total. The molecule has 0 aromatic heterocycles. The Morgan fingerprint density at radius 3 is 2.84 bits per heavy atom. The van der Waals surface area contributed by atoms with Gasteiger partial charge < -0.3 is 5.32 Å². The van der Waals surface area contributed by atoms with Crippen LogP contribution in [0.2, 0.25) is 5.02 Å². The molecule has 0 spiro atoms. The second kappa shape index (κ2) is 6.76. The van der Waals surface area contributed by atoms with E-state index in [0.29, 0.717) is 12.1 Å². The van der Waals surface area contributed by atoms with Gasteiger partial charge in [0.25, 0.3) is 0 Å². The second-order valence-electron chi connectivity index (χ2n) is 6.28. The van der Waals surface area contributed by atoms with Crippen LogP contribution in [0.3, 0.4) is 0 Å². The summed E-state index contributed by atoms with van der Waals surface area (Å²) in [4.78, 5) is 0. The van der Waals surface area contributed by atoms with Gasteiger partial charge in [0.15, 0.2) is 0 Å². The monoisotopic (exact) mass is 279 g/mol. The molecule has 1 N–H and O–H groups in total. The van der Waals surface area contributed by atoms with Crippen molar-refractivity contribution in [1.29, 1.82) is 0 Å². The fraction of sp³-hybridized carbons (Fsp3) is 0.647. The molecule has 1 aromatic carbocycles. The molecule has 1 aliphatic rings. The van der Waals surface area contributed by atoms with Crippen LogP contribution >= 0.6 is 11.6 Å². The van der Waals surface area contributed by atoms with Gasteiger partial charge in [-0.05, 0) is 49.3 Å². The first kappa shape index (κ1) is 14.9. The Bertz CT molecular complexity index is 404. The van der Waals surface area contributed by atoms with Crippen LogP contribution in [0.25, 0.3) is 0 Å².